The van der Waals surface area contributed by atoms with Crippen LogP contribution in [0.1, 0.15) is 29.2 Å². The van der Waals surface area contributed by atoms with Gasteiger partial charge in [0.2, 0.25) is 0 Å². The number of fused-ring (bicyclic) bond motifs is 1. The number of ether oxygens (including phenoxy) is 1. The molecule has 0 bridgehead atoms. The summed E-state index contributed by atoms with van der Waals surface area (Å²) in [5.74, 6) is -7.25. The fraction of sp³-hybridized carbons (Fsp3) is 0.217. The molecule has 1 atom stereocenters. The minimum Gasteiger partial charge on any atom is -0.361 e. The lowest BCUT2D eigenvalue weighted by molar-refractivity contribution is -0.227. The third kappa shape index (κ3) is 3.54. The topological polar surface area (TPSA) is 29.5 Å². The standard InChI is InChI=1S/C23H18F4O2/c1-2-13-3-5-14(6-4-13)15-7-16-12-29-23(28,11-18(16)19(24)8-15)17-9-20(25)22(27)21(26)10-17/h3-10,28H,2,11-12H2,1H3. The second kappa shape index (κ2) is 7.28. The van der Waals surface area contributed by atoms with Crippen molar-refractivity contribution in [1.29, 1.82) is 0 Å². The summed E-state index contributed by atoms with van der Waals surface area (Å²) in [5.41, 5.74) is 3.09. The minimum atomic E-state index is -2.16. The number of benzene rings is 3. The average Bonchev–Trinajstić information content (AvgIpc) is 2.72. The van der Waals surface area contributed by atoms with Gasteiger partial charge in [-0.1, -0.05) is 31.2 Å². The van der Waals surface area contributed by atoms with Crippen LogP contribution in [0.4, 0.5) is 17.6 Å². The monoisotopic (exact) mass is 402 g/mol. The predicted octanol–water partition coefficient (Wildman–Crippen LogP) is 5.39. The molecule has 0 aliphatic carbocycles. The molecule has 1 aliphatic heterocycles. The molecule has 0 aromatic heterocycles. The zero-order valence-corrected chi connectivity index (χ0v) is 15.6. The zero-order chi connectivity index (χ0) is 20.8. The molecule has 3 aromatic rings. The second-order valence-corrected chi connectivity index (χ2v) is 7.15. The fourth-order valence-corrected chi connectivity index (χ4v) is 3.57. The SMILES string of the molecule is CCc1ccc(-c2cc(F)c3c(c2)COC(O)(c2cc(F)c(F)c(F)c2)C3)cc1. The van der Waals surface area contributed by atoms with Crippen molar-refractivity contribution in [3.05, 3.63) is 94.1 Å². The molecule has 1 N–H and O–H groups in total. The molecule has 2 nitrogen and oxygen atoms in total. The fourth-order valence-electron chi connectivity index (χ4n) is 3.57. The molecule has 1 heterocycles. The van der Waals surface area contributed by atoms with Crippen molar-refractivity contribution >= 4 is 0 Å². The summed E-state index contributed by atoms with van der Waals surface area (Å²) in [6, 6.07) is 12.2. The van der Waals surface area contributed by atoms with Crippen molar-refractivity contribution in [1.82, 2.24) is 0 Å². The highest BCUT2D eigenvalue weighted by atomic mass is 19.2. The highest BCUT2D eigenvalue weighted by molar-refractivity contribution is 5.65. The summed E-state index contributed by atoms with van der Waals surface area (Å²) in [6.45, 7) is 1.88. The molecule has 0 saturated carbocycles. The number of hydrogen-bond acceptors (Lipinski definition) is 2. The summed E-state index contributed by atoms with van der Waals surface area (Å²) in [5, 5.41) is 10.8. The van der Waals surface area contributed by atoms with Crippen LogP contribution in [-0.2, 0) is 30.0 Å². The van der Waals surface area contributed by atoms with Gasteiger partial charge in [-0.25, -0.2) is 17.6 Å². The van der Waals surface area contributed by atoms with E-state index in [9.17, 15) is 22.7 Å². The maximum atomic E-state index is 14.9. The molecule has 3 aromatic carbocycles. The molecule has 0 fully saturated rings. The van der Waals surface area contributed by atoms with Crippen LogP contribution >= 0.6 is 0 Å². The van der Waals surface area contributed by atoms with E-state index >= 15 is 0 Å². The van der Waals surface area contributed by atoms with Gasteiger partial charge >= 0.3 is 0 Å². The Bertz CT molecular complexity index is 1060. The van der Waals surface area contributed by atoms with E-state index in [1.807, 2.05) is 31.2 Å². The molecule has 6 heteroatoms. The highest BCUT2D eigenvalue weighted by Gasteiger charge is 2.38. The van der Waals surface area contributed by atoms with Gasteiger partial charge < -0.3 is 9.84 Å². The first-order chi connectivity index (χ1) is 13.8. The first-order valence-electron chi connectivity index (χ1n) is 9.22. The number of rotatable bonds is 3. The number of aryl methyl sites for hydroxylation is 1. The van der Waals surface area contributed by atoms with Crippen LogP contribution in [-0.4, -0.2) is 5.11 Å². The van der Waals surface area contributed by atoms with E-state index in [0.29, 0.717) is 23.3 Å². The molecule has 0 saturated heterocycles. The summed E-state index contributed by atoms with van der Waals surface area (Å²) < 4.78 is 60.7. The summed E-state index contributed by atoms with van der Waals surface area (Å²) in [7, 11) is 0. The summed E-state index contributed by atoms with van der Waals surface area (Å²) in [6.07, 6.45) is 0.545. The van der Waals surface area contributed by atoms with Crippen molar-refractivity contribution in [2.75, 3.05) is 0 Å². The number of aliphatic hydroxyl groups is 1. The molecule has 29 heavy (non-hydrogen) atoms. The molecule has 1 aliphatic rings. The zero-order valence-electron chi connectivity index (χ0n) is 15.6. The van der Waals surface area contributed by atoms with E-state index in [1.54, 1.807) is 6.07 Å². The molecule has 0 amide bonds. The molecular weight excluding hydrogens is 384 g/mol. The Morgan fingerprint density at radius 2 is 1.55 bits per heavy atom. The normalized spacial score (nSPS) is 18.6. The van der Waals surface area contributed by atoms with Crippen LogP contribution in [0.15, 0.2) is 48.5 Å². The Morgan fingerprint density at radius 3 is 2.17 bits per heavy atom. The van der Waals surface area contributed by atoms with E-state index in [0.717, 1.165) is 12.0 Å². The maximum absolute atomic E-state index is 14.9. The van der Waals surface area contributed by atoms with E-state index < -0.39 is 29.1 Å². The van der Waals surface area contributed by atoms with Crippen LogP contribution in [0.5, 0.6) is 0 Å². The minimum absolute atomic E-state index is 0.162. The number of hydrogen-bond donors (Lipinski definition) is 1. The third-order valence-electron chi connectivity index (χ3n) is 5.30. The van der Waals surface area contributed by atoms with E-state index in [1.165, 1.54) is 11.6 Å². The smallest absolute Gasteiger partial charge is 0.197 e. The van der Waals surface area contributed by atoms with Crippen LogP contribution in [0, 0.1) is 23.3 Å². The van der Waals surface area contributed by atoms with E-state index in [4.69, 9.17) is 4.74 Å². The van der Waals surface area contributed by atoms with Crippen molar-refractivity contribution in [2.45, 2.75) is 32.2 Å². The Labute approximate surface area is 165 Å². The average molecular weight is 402 g/mol. The van der Waals surface area contributed by atoms with Gasteiger partial charge in [-0.3, -0.25) is 0 Å². The van der Waals surface area contributed by atoms with Gasteiger partial charge in [0, 0.05) is 12.0 Å². The van der Waals surface area contributed by atoms with Crippen molar-refractivity contribution in [2.24, 2.45) is 0 Å². The Balaban J connectivity index is 1.70. The molecule has 1 unspecified atom stereocenters. The maximum Gasteiger partial charge on any atom is 0.197 e. The molecule has 0 radical (unpaired) electrons. The first kappa shape index (κ1) is 19.6. The van der Waals surface area contributed by atoms with Crippen LogP contribution in [0.3, 0.4) is 0 Å². The van der Waals surface area contributed by atoms with E-state index in [-0.39, 0.29) is 24.2 Å². The van der Waals surface area contributed by atoms with Gasteiger partial charge in [-0.2, -0.15) is 0 Å². The molecule has 0 spiro atoms. The van der Waals surface area contributed by atoms with Crippen LogP contribution < -0.4 is 0 Å². The summed E-state index contributed by atoms with van der Waals surface area (Å²) in [4.78, 5) is 0. The van der Waals surface area contributed by atoms with Crippen LogP contribution in [0.25, 0.3) is 11.1 Å². The third-order valence-corrected chi connectivity index (χ3v) is 5.30. The predicted molar refractivity (Wildman–Crippen MR) is 99.9 cm³/mol. The Hall–Kier alpha value is -2.70. The lowest BCUT2D eigenvalue weighted by Crippen LogP contribution is -2.36. The Morgan fingerprint density at radius 1 is 0.897 bits per heavy atom. The van der Waals surface area contributed by atoms with Crippen molar-refractivity contribution in [3.63, 3.8) is 0 Å². The lowest BCUT2D eigenvalue weighted by atomic mass is 9.89. The number of halogens is 4. The van der Waals surface area contributed by atoms with Gasteiger partial charge in [0.05, 0.1) is 6.61 Å². The quantitative estimate of drug-likeness (QED) is 0.470. The highest BCUT2D eigenvalue weighted by Crippen LogP contribution is 2.38. The van der Waals surface area contributed by atoms with Gasteiger partial charge in [-0.05, 0) is 58.5 Å². The second-order valence-electron chi connectivity index (χ2n) is 7.15. The molecule has 4 rings (SSSR count). The van der Waals surface area contributed by atoms with Crippen molar-refractivity contribution in [3.8, 4) is 11.1 Å². The van der Waals surface area contributed by atoms with Crippen LogP contribution in [0.2, 0.25) is 0 Å². The largest absolute Gasteiger partial charge is 0.361 e. The summed E-state index contributed by atoms with van der Waals surface area (Å²) >= 11 is 0. The molecular formula is C23H18F4O2. The van der Waals surface area contributed by atoms with Gasteiger partial charge in [-0.15, -0.1) is 0 Å². The van der Waals surface area contributed by atoms with Gasteiger partial charge in [0.25, 0.3) is 0 Å². The van der Waals surface area contributed by atoms with E-state index in [2.05, 4.69) is 0 Å². The lowest BCUT2D eigenvalue weighted by Gasteiger charge is -2.34. The van der Waals surface area contributed by atoms with Crippen molar-refractivity contribution < 1.29 is 27.4 Å². The van der Waals surface area contributed by atoms with Gasteiger partial charge in [0.15, 0.2) is 23.2 Å². The first-order valence-corrected chi connectivity index (χ1v) is 9.22. The Kier molecular flexibility index (Phi) is 4.92. The van der Waals surface area contributed by atoms with Gasteiger partial charge in [0.1, 0.15) is 5.82 Å². The molecule has 150 valence electrons.